The van der Waals surface area contributed by atoms with E-state index in [2.05, 4.69) is 20.9 Å². The summed E-state index contributed by atoms with van der Waals surface area (Å²) in [4.78, 5) is 28.6. The van der Waals surface area contributed by atoms with Crippen LogP contribution in [0.25, 0.3) is 4.91 Å². The Balaban J connectivity index is 2.09. The molecule has 0 spiro atoms. The predicted molar refractivity (Wildman–Crippen MR) is 69.7 cm³/mol. The summed E-state index contributed by atoms with van der Waals surface area (Å²) in [5.41, 5.74) is 0.778. The Labute approximate surface area is 115 Å². The second kappa shape index (κ2) is 4.10. The fraction of sp³-hybridized carbons (Fsp3) is 0.182. The smallest absolute Gasteiger partial charge is 0.353 e. The molecular formula is C11H7BrN2O3S. The standard InChI is InChI=1S/C11H7BrN2O3S/c12-6-9(15)14-7(11(16)17)8(18-10(6)14)5-2-1-3-13-4-5/h1-4,6,10H,(H,16,17)/t6-,10+/m0/s1. The molecule has 1 aromatic rings. The molecule has 2 aliphatic rings. The summed E-state index contributed by atoms with van der Waals surface area (Å²) in [6.45, 7) is 0. The molecule has 2 atom stereocenters. The highest BCUT2D eigenvalue weighted by Crippen LogP contribution is 2.52. The zero-order valence-electron chi connectivity index (χ0n) is 8.91. The molecule has 0 aliphatic carbocycles. The number of carbonyl (C=O) groups is 2. The Morgan fingerprint density at radius 3 is 2.94 bits per heavy atom. The van der Waals surface area contributed by atoms with E-state index in [1.807, 2.05) is 0 Å². The number of aliphatic carboxylic acids is 1. The van der Waals surface area contributed by atoms with E-state index >= 15 is 0 Å². The van der Waals surface area contributed by atoms with Crippen molar-refractivity contribution in [2.75, 3.05) is 0 Å². The Morgan fingerprint density at radius 2 is 2.33 bits per heavy atom. The van der Waals surface area contributed by atoms with Crippen LogP contribution in [-0.4, -0.2) is 37.1 Å². The number of nitrogens with zero attached hydrogens (tertiary/aromatic N) is 2. The molecule has 7 heteroatoms. The normalized spacial score (nSPS) is 26.1. The molecule has 0 radical (unpaired) electrons. The van der Waals surface area contributed by atoms with Crippen LogP contribution in [0, 0.1) is 0 Å². The second-order valence-electron chi connectivity index (χ2n) is 3.84. The van der Waals surface area contributed by atoms with Gasteiger partial charge in [0, 0.05) is 22.9 Å². The first-order valence-corrected chi connectivity index (χ1v) is 6.92. The van der Waals surface area contributed by atoms with Crippen molar-refractivity contribution < 1.29 is 14.7 Å². The highest BCUT2D eigenvalue weighted by Gasteiger charge is 2.55. The molecule has 1 amide bonds. The van der Waals surface area contributed by atoms with Crippen molar-refractivity contribution in [3.05, 3.63) is 35.8 Å². The summed E-state index contributed by atoms with van der Waals surface area (Å²) in [7, 11) is 0. The van der Waals surface area contributed by atoms with Crippen LogP contribution in [0.5, 0.6) is 0 Å². The van der Waals surface area contributed by atoms with E-state index in [1.54, 1.807) is 24.5 Å². The number of hydrogen-bond donors (Lipinski definition) is 1. The lowest BCUT2D eigenvalue weighted by molar-refractivity contribution is -0.144. The third-order valence-corrected chi connectivity index (χ3v) is 5.43. The van der Waals surface area contributed by atoms with Gasteiger partial charge in [-0.15, -0.1) is 0 Å². The third kappa shape index (κ3) is 1.50. The fourth-order valence-electron chi connectivity index (χ4n) is 1.97. The largest absolute Gasteiger partial charge is 0.477 e. The minimum atomic E-state index is -1.09. The summed E-state index contributed by atoms with van der Waals surface area (Å²) >= 11 is 4.64. The van der Waals surface area contributed by atoms with Gasteiger partial charge in [-0.2, -0.15) is 0 Å². The number of carboxylic acid groups (broad SMARTS) is 1. The van der Waals surface area contributed by atoms with E-state index in [0.717, 1.165) is 5.56 Å². The third-order valence-electron chi connectivity index (χ3n) is 2.80. The topological polar surface area (TPSA) is 70.5 Å². The molecular weight excluding hydrogens is 320 g/mol. The van der Waals surface area contributed by atoms with E-state index in [-0.39, 0.29) is 21.8 Å². The van der Waals surface area contributed by atoms with Gasteiger partial charge in [-0.05, 0) is 6.07 Å². The number of hydrogen-bond acceptors (Lipinski definition) is 4. The number of carboxylic acids is 1. The number of carbonyl (C=O) groups excluding carboxylic acids is 1. The number of rotatable bonds is 2. The van der Waals surface area contributed by atoms with E-state index in [9.17, 15) is 14.7 Å². The number of fused-ring (bicyclic) bond motifs is 1. The lowest BCUT2D eigenvalue weighted by Gasteiger charge is -2.38. The number of β-lactam (4-membered cyclic amide) rings is 1. The van der Waals surface area contributed by atoms with Gasteiger partial charge >= 0.3 is 5.97 Å². The van der Waals surface area contributed by atoms with Gasteiger partial charge in [0.25, 0.3) is 0 Å². The highest BCUT2D eigenvalue weighted by molar-refractivity contribution is 9.10. The summed E-state index contributed by atoms with van der Waals surface area (Å²) in [5, 5.41) is 9.10. The van der Waals surface area contributed by atoms with Crippen LogP contribution >= 0.6 is 27.7 Å². The molecule has 2 aliphatic heterocycles. The van der Waals surface area contributed by atoms with Crippen LogP contribution in [0.1, 0.15) is 5.56 Å². The molecule has 3 heterocycles. The Kier molecular flexibility index (Phi) is 2.67. The Morgan fingerprint density at radius 1 is 1.56 bits per heavy atom. The molecule has 0 aromatic carbocycles. The van der Waals surface area contributed by atoms with Crippen LogP contribution < -0.4 is 0 Å². The van der Waals surface area contributed by atoms with Crippen molar-refractivity contribution in [1.29, 1.82) is 0 Å². The number of aromatic nitrogens is 1. The van der Waals surface area contributed by atoms with Crippen molar-refractivity contribution in [1.82, 2.24) is 9.88 Å². The van der Waals surface area contributed by atoms with E-state index in [4.69, 9.17) is 0 Å². The Hall–Kier alpha value is -1.34. The molecule has 0 unspecified atom stereocenters. The summed E-state index contributed by atoms with van der Waals surface area (Å²) in [6.07, 6.45) is 3.22. The molecule has 5 nitrogen and oxygen atoms in total. The number of pyridine rings is 1. The first-order chi connectivity index (χ1) is 8.61. The lowest BCUT2D eigenvalue weighted by Crippen LogP contribution is -2.58. The minimum Gasteiger partial charge on any atom is -0.477 e. The van der Waals surface area contributed by atoms with Crippen molar-refractivity contribution >= 4 is 44.5 Å². The molecule has 1 saturated heterocycles. The minimum absolute atomic E-state index is 0.0544. The zero-order valence-corrected chi connectivity index (χ0v) is 11.3. The van der Waals surface area contributed by atoms with Gasteiger partial charge in [-0.1, -0.05) is 33.8 Å². The second-order valence-corrected chi connectivity index (χ2v) is 5.96. The summed E-state index contributed by atoms with van der Waals surface area (Å²) in [6, 6.07) is 3.53. The molecule has 1 fully saturated rings. The van der Waals surface area contributed by atoms with Gasteiger partial charge in [0.1, 0.15) is 15.9 Å². The van der Waals surface area contributed by atoms with Crippen LogP contribution in [-0.2, 0) is 9.59 Å². The van der Waals surface area contributed by atoms with Crippen LogP contribution in [0.15, 0.2) is 30.2 Å². The average Bonchev–Trinajstić information content (AvgIpc) is 2.76. The van der Waals surface area contributed by atoms with Crippen LogP contribution in [0.2, 0.25) is 0 Å². The highest BCUT2D eigenvalue weighted by atomic mass is 79.9. The van der Waals surface area contributed by atoms with E-state index in [0.29, 0.717) is 4.91 Å². The van der Waals surface area contributed by atoms with Crippen LogP contribution in [0.4, 0.5) is 0 Å². The molecule has 92 valence electrons. The van der Waals surface area contributed by atoms with E-state index in [1.165, 1.54) is 16.7 Å². The van der Waals surface area contributed by atoms with Gasteiger partial charge < -0.3 is 5.11 Å². The van der Waals surface area contributed by atoms with Gasteiger partial charge in [0.2, 0.25) is 5.91 Å². The van der Waals surface area contributed by atoms with Crippen LogP contribution in [0.3, 0.4) is 0 Å². The fourth-order valence-corrected chi connectivity index (χ4v) is 4.09. The summed E-state index contributed by atoms with van der Waals surface area (Å²) < 4.78 is 0. The Bertz CT molecular complexity index is 575. The van der Waals surface area contributed by atoms with Gasteiger partial charge in [0.05, 0.1) is 0 Å². The molecule has 0 bridgehead atoms. The monoisotopic (exact) mass is 326 g/mol. The first kappa shape index (κ1) is 11.7. The molecule has 3 rings (SSSR count). The van der Waals surface area contributed by atoms with E-state index < -0.39 is 5.97 Å². The first-order valence-electron chi connectivity index (χ1n) is 5.13. The number of halogens is 1. The predicted octanol–water partition coefficient (Wildman–Crippen LogP) is 1.51. The number of thioether (sulfide) groups is 1. The molecule has 1 aromatic heterocycles. The maximum atomic E-state index is 11.7. The van der Waals surface area contributed by atoms with Gasteiger partial charge in [-0.25, -0.2) is 4.79 Å². The summed E-state index contributed by atoms with van der Waals surface area (Å²) in [5.74, 6) is -1.29. The lowest BCUT2D eigenvalue weighted by atomic mass is 10.1. The maximum Gasteiger partial charge on any atom is 0.353 e. The SMILES string of the molecule is O=C(O)C1=C(c2cccnc2)S[C@@H]2[C@@H](Br)C(=O)N12. The quantitative estimate of drug-likeness (QED) is 0.659. The van der Waals surface area contributed by atoms with Crippen molar-refractivity contribution in [3.8, 4) is 0 Å². The molecule has 0 saturated carbocycles. The van der Waals surface area contributed by atoms with Crippen molar-refractivity contribution in [2.24, 2.45) is 0 Å². The molecule has 18 heavy (non-hydrogen) atoms. The maximum absolute atomic E-state index is 11.7. The zero-order chi connectivity index (χ0) is 12.9. The average molecular weight is 327 g/mol. The van der Waals surface area contributed by atoms with Gasteiger partial charge in [-0.3, -0.25) is 14.7 Å². The van der Waals surface area contributed by atoms with Gasteiger partial charge in [0.15, 0.2) is 0 Å². The number of alkyl halides is 1. The molecule has 1 N–H and O–H groups in total. The van der Waals surface area contributed by atoms with Crippen molar-refractivity contribution in [3.63, 3.8) is 0 Å². The van der Waals surface area contributed by atoms with Crippen molar-refractivity contribution in [2.45, 2.75) is 10.2 Å². The number of amides is 1.